The molecule has 0 radical (unpaired) electrons. The Labute approximate surface area is 134 Å². The highest BCUT2D eigenvalue weighted by molar-refractivity contribution is 5.81. The molecule has 5 nitrogen and oxygen atoms in total. The van der Waals surface area contributed by atoms with Gasteiger partial charge in [-0.15, -0.1) is 0 Å². The van der Waals surface area contributed by atoms with E-state index >= 15 is 0 Å². The fourth-order valence-corrected chi connectivity index (χ4v) is 1.70. The van der Waals surface area contributed by atoms with Crippen molar-refractivity contribution in [1.29, 1.82) is 0 Å². The van der Waals surface area contributed by atoms with Gasteiger partial charge in [0.25, 0.3) is 0 Å². The molecule has 7 heteroatoms. The van der Waals surface area contributed by atoms with E-state index in [1.165, 1.54) is 0 Å². The molecule has 1 aliphatic heterocycles. The third-order valence-electron chi connectivity index (χ3n) is 2.58. The lowest BCUT2D eigenvalue weighted by Gasteiger charge is -2.25. The van der Waals surface area contributed by atoms with Crippen molar-refractivity contribution in [2.24, 2.45) is 0 Å². The van der Waals surface area contributed by atoms with Gasteiger partial charge in [0.1, 0.15) is 23.8 Å². The zero-order valence-electron chi connectivity index (χ0n) is 13.4. The molecular weight excluding hydrogens is 308 g/mol. The van der Waals surface area contributed by atoms with E-state index in [0.29, 0.717) is 13.0 Å². The molecule has 2 rings (SSSR count). The third kappa shape index (κ3) is 8.87. The van der Waals surface area contributed by atoms with E-state index in [4.69, 9.17) is 9.47 Å². The third-order valence-corrected chi connectivity index (χ3v) is 2.58. The van der Waals surface area contributed by atoms with Crippen molar-refractivity contribution in [3.05, 3.63) is 35.9 Å². The topological polar surface area (TPSA) is 64.6 Å². The van der Waals surface area contributed by atoms with Crippen LogP contribution in [0.4, 0.5) is 13.6 Å². The molecule has 1 amide bonds. The van der Waals surface area contributed by atoms with Gasteiger partial charge in [-0.25, -0.2) is 13.6 Å². The predicted octanol–water partition coefficient (Wildman–Crippen LogP) is 2.83. The lowest BCUT2D eigenvalue weighted by Crippen LogP contribution is -2.45. The number of hydrogen-bond acceptors (Lipinski definition) is 4. The van der Waals surface area contributed by atoms with Crippen molar-refractivity contribution >= 4 is 11.9 Å². The Bertz CT molecular complexity index is 505. The zero-order chi connectivity index (χ0) is 17.5. The first-order chi connectivity index (χ1) is 10.7. The van der Waals surface area contributed by atoms with Crippen LogP contribution in [0.25, 0.3) is 0 Å². The Hall–Kier alpha value is -2.02. The van der Waals surface area contributed by atoms with Gasteiger partial charge in [-0.2, -0.15) is 0 Å². The van der Waals surface area contributed by atoms with Gasteiger partial charge < -0.3 is 14.8 Å². The minimum absolute atomic E-state index is 0.00214. The second-order valence-electron chi connectivity index (χ2n) is 6.04. The molecule has 0 saturated carbocycles. The molecule has 0 aromatic heterocycles. The highest BCUT2D eigenvalue weighted by atomic mass is 19.1. The van der Waals surface area contributed by atoms with Gasteiger partial charge in [0, 0.05) is 6.42 Å². The van der Waals surface area contributed by atoms with E-state index in [1.54, 1.807) is 20.8 Å². The molecule has 1 aromatic carbocycles. The summed E-state index contributed by atoms with van der Waals surface area (Å²) in [5.74, 6) is -0.819. The second kappa shape index (κ2) is 8.57. The molecular formula is C16H21F2NO4. The summed E-state index contributed by atoms with van der Waals surface area (Å²) in [6, 6.07) is 4.05. The molecule has 1 unspecified atom stereocenters. The number of nitrogens with one attached hydrogen (secondary N) is 1. The normalized spacial score (nSPS) is 17.8. The lowest BCUT2D eigenvalue weighted by atomic mass is 10.1. The summed E-state index contributed by atoms with van der Waals surface area (Å²) in [5, 5.41) is 2.60. The minimum Gasteiger partial charge on any atom is -0.444 e. The van der Waals surface area contributed by atoms with Gasteiger partial charge in [-0.05, 0) is 45.0 Å². The molecule has 0 spiro atoms. The number of hydrogen-bond donors (Lipinski definition) is 1. The van der Waals surface area contributed by atoms with E-state index in [-0.39, 0.29) is 18.4 Å². The highest BCUT2D eigenvalue weighted by Crippen LogP contribution is 2.08. The maximum Gasteiger partial charge on any atom is 0.407 e. The van der Waals surface area contributed by atoms with E-state index in [2.05, 4.69) is 5.32 Å². The van der Waals surface area contributed by atoms with Crippen LogP contribution in [-0.4, -0.2) is 36.7 Å². The number of benzene rings is 1. The maximum absolute atomic E-state index is 11.9. The average molecular weight is 329 g/mol. The number of rotatable bonds is 1. The lowest BCUT2D eigenvalue weighted by molar-refractivity contribution is -0.128. The Morgan fingerprint density at radius 2 is 1.74 bits per heavy atom. The van der Waals surface area contributed by atoms with Crippen LogP contribution in [0.3, 0.4) is 0 Å². The quantitative estimate of drug-likeness (QED) is 0.860. The van der Waals surface area contributed by atoms with Crippen LogP contribution in [0.2, 0.25) is 0 Å². The molecule has 23 heavy (non-hydrogen) atoms. The number of Topliss-reactive ketones (excluding diaryl/α,β-unsaturated/α-hetero) is 1. The van der Waals surface area contributed by atoms with E-state index in [9.17, 15) is 18.4 Å². The van der Waals surface area contributed by atoms with Crippen LogP contribution in [-0.2, 0) is 14.3 Å². The van der Waals surface area contributed by atoms with Crippen LogP contribution < -0.4 is 5.32 Å². The Kier molecular flexibility index (Phi) is 7.09. The fraction of sp³-hybridized carbons (Fsp3) is 0.500. The van der Waals surface area contributed by atoms with E-state index in [0.717, 1.165) is 24.3 Å². The van der Waals surface area contributed by atoms with Crippen molar-refractivity contribution in [3.63, 3.8) is 0 Å². The smallest absolute Gasteiger partial charge is 0.407 e. The van der Waals surface area contributed by atoms with Gasteiger partial charge in [-0.3, -0.25) is 4.79 Å². The predicted molar refractivity (Wildman–Crippen MR) is 80.0 cm³/mol. The first kappa shape index (κ1) is 19.0. The summed E-state index contributed by atoms with van der Waals surface area (Å²) in [6.45, 7) is 5.87. The number of carbonyl (C=O) groups excluding carboxylic acids is 2. The molecule has 0 aliphatic carbocycles. The van der Waals surface area contributed by atoms with Crippen LogP contribution in [0, 0.1) is 11.6 Å². The molecule has 1 N–H and O–H groups in total. The van der Waals surface area contributed by atoms with Crippen LogP contribution >= 0.6 is 0 Å². The fourth-order valence-electron chi connectivity index (χ4n) is 1.70. The summed E-state index contributed by atoms with van der Waals surface area (Å²) in [7, 11) is 0. The Morgan fingerprint density at radius 3 is 2.17 bits per heavy atom. The SMILES string of the molecule is CC(C)(C)OC(=O)NC1COCC(=O)C1.Fc1ccc(F)cc1. The van der Waals surface area contributed by atoms with Gasteiger partial charge in [-0.1, -0.05) is 0 Å². The molecule has 128 valence electrons. The largest absolute Gasteiger partial charge is 0.444 e. The number of ketones is 1. The molecule has 0 bridgehead atoms. The summed E-state index contributed by atoms with van der Waals surface area (Å²) < 4.78 is 33.9. The zero-order valence-corrected chi connectivity index (χ0v) is 13.4. The monoisotopic (exact) mass is 329 g/mol. The highest BCUT2D eigenvalue weighted by Gasteiger charge is 2.24. The van der Waals surface area contributed by atoms with Crippen LogP contribution in [0.5, 0.6) is 0 Å². The molecule has 1 saturated heterocycles. The number of amides is 1. The maximum atomic E-state index is 11.9. The van der Waals surface area contributed by atoms with E-state index < -0.39 is 23.3 Å². The summed E-state index contributed by atoms with van der Waals surface area (Å²) in [5.41, 5.74) is -0.524. The first-order valence-corrected chi connectivity index (χ1v) is 7.16. The summed E-state index contributed by atoms with van der Waals surface area (Å²) in [6.07, 6.45) is -0.190. The summed E-state index contributed by atoms with van der Waals surface area (Å²) >= 11 is 0. The van der Waals surface area contributed by atoms with E-state index in [1.807, 2.05) is 0 Å². The van der Waals surface area contributed by atoms with Gasteiger partial charge in [0.05, 0.1) is 12.6 Å². The minimum atomic E-state index is -0.524. The van der Waals surface area contributed by atoms with Gasteiger partial charge in [0.2, 0.25) is 0 Å². The number of carbonyl (C=O) groups is 2. The number of halogens is 2. The molecule has 1 atom stereocenters. The Balaban J connectivity index is 0.000000277. The van der Waals surface area contributed by atoms with Crippen molar-refractivity contribution in [1.82, 2.24) is 5.32 Å². The van der Waals surface area contributed by atoms with Gasteiger partial charge >= 0.3 is 6.09 Å². The first-order valence-electron chi connectivity index (χ1n) is 7.16. The molecule has 1 heterocycles. The van der Waals surface area contributed by atoms with Crippen LogP contribution in [0.1, 0.15) is 27.2 Å². The number of alkyl carbamates (subject to hydrolysis) is 1. The van der Waals surface area contributed by atoms with Crippen LogP contribution in [0.15, 0.2) is 24.3 Å². The van der Waals surface area contributed by atoms with Crippen molar-refractivity contribution < 1.29 is 27.8 Å². The second-order valence-corrected chi connectivity index (χ2v) is 6.04. The van der Waals surface area contributed by atoms with Crippen molar-refractivity contribution in [2.45, 2.75) is 38.8 Å². The average Bonchev–Trinajstić information content (AvgIpc) is 2.40. The van der Waals surface area contributed by atoms with Gasteiger partial charge in [0.15, 0.2) is 5.78 Å². The van der Waals surface area contributed by atoms with Crippen molar-refractivity contribution in [2.75, 3.05) is 13.2 Å². The number of ether oxygens (including phenoxy) is 2. The van der Waals surface area contributed by atoms with Crippen molar-refractivity contribution in [3.8, 4) is 0 Å². The Morgan fingerprint density at radius 1 is 1.22 bits per heavy atom. The standard InChI is InChI=1S/C10H17NO4.C6H4F2/c1-10(2,3)15-9(13)11-7-4-8(12)6-14-5-7;7-5-1-2-6(8)4-3-5/h7H,4-6H2,1-3H3,(H,11,13);1-4H. The summed E-state index contributed by atoms with van der Waals surface area (Å²) in [4.78, 5) is 22.4. The molecule has 1 aromatic rings. The molecule has 1 fully saturated rings. The molecule has 1 aliphatic rings.